The fourth-order valence-electron chi connectivity index (χ4n) is 1.40. The minimum absolute atomic E-state index is 0.0790. The fourth-order valence-corrected chi connectivity index (χ4v) is 3.35. The van der Waals surface area contributed by atoms with Gasteiger partial charge in [-0.05, 0) is 25.0 Å². The second-order valence-electron chi connectivity index (χ2n) is 3.91. The van der Waals surface area contributed by atoms with Gasteiger partial charge in [0.2, 0.25) is 10.0 Å². The molecule has 94 valence electrons. The number of hydrogen-bond acceptors (Lipinski definition) is 2. The topological polar surface area (TPSA) is 46.2 Å². The number of benzene rings is 1. The Morgan fingerprint density at radius 3 is 2.59 bits per heavy atom. The molecule has 0 aromatic heterocycles. The van der Waals surface area contributed by atoms with Crippen LogP contribution >= 0.6 is 23.2 Å². The molecule has 1 aliphatic carbocycles. The third-order valence-electron chi connectivity index (χ3n) is 2.41. The molecular formula is C10H10Cl2FNO2S. The van der Waals surface area contributed by atoms with E-state index >= 15 is 0 Å². The van der Waals surface area contributed by atoms with Crippen LogP contribution in [0, 0.1) is 5.82 Å². The zero-order chi connectivity index (χ0) is 12.6. The largest absolute Gasteiger partial charge is 0.243 e. The second kappa shape index (κ2) is 4.72. The third-order valence-corrected chi connectivity index (χ3v) is 4.44. The first-order valence-electron chi connectivity index (χ1n) is 5.00. The Balaban J connectivity index is 2.46. The summed E-state index contributed by atoms with van der Waals surface area (Å²) >= 11 is 11.3. The van der Waals surface area contributed by atoms with E-state index in [2.05, 4.69) is 4.72 Å². The summed E-state index contributed by atoms with van der Waals surface area (Å²) in [7, 11) is -3.85. The summed E-state index contributed by atoms with van der Waals surface area (Å²) in [6.07, 6.45) is 1.56. The quantitative estimate of drug-likeness (QED) is 0.869. The molecule has 17 heavy (non-hydrogen) atoms. The van der Waals surface area contributed by atoms with Crippen LogP contribution < -0.4 is 4.72 Å². The molecule has 0 radical (unpaired) electrons. The summed E-state index contributed by atoms with van der Waals surface area (Å²) in [6.45, 7) is 0. The van der Waals surface area contributed by atoms with E-state index in [1.807, 2.05) is 0 Å². The van der Waals surface area contributed by atoms with E-state index in [0.717, 1.165) is 18.9 Å². The van der Waals surface area contributed by atoms with Crippen molar-refractivity contribution in [2.75, 3.05) is 0 Å². The van der Waals surface area contributed by atoms with Crippen LogP contribution in [0.2, 0.25) is 5.02 Å². The van der Waals surface area contributed by atoms with Crippen molar-refractivity contribution in [3.63, 3.8) is 0 Å². The Kier molecular flexibility index (Phi) is 3.63. The number of alkyl halides is 1. The van der Waals surface area contributed by atoms with Crippen molar-refractivity contribution in [3.05, 3.63) is 28.5 Å². The van der Waals surface area contributed by atoms with Gasteiger partial charge in [0.05, 0.1) is 5.88 Å². The average Bonchev–Trinajstić information content (AvgIpc) is 3.03. The normalized spacial score (nSPS) is 16.2. The Hall–Kier alpha value is -0.360. The van der Waals surface area contributed by atoms with Crippen molar-refractivity contribution in [1.82, 2.24) is 4.72 Å². The molecule has 0 bridgehead atoms. The predicted molar refractivity (Wildman–Crippen MR) is 64.3 cm³/mol. The summed E-state index contributed by atoms with van der Waals surface area (Å²) in [5, 5.41) is 0.151. The molecule has 1 aliphatic rings. The number of hydrogen-bond donors (Lipinski definition) is 1. The van der Waals surface area contributed by atoms with E-state index in [-0.39, 0.29) is 22.5 Å². The first kappa shape index (κ1) is 13.1. The monoisotopic (exact) mass is 297 g/mol. The van der Waals surface area contributed by atoms with Gasteiger partial charge in [-0.2, -0.15) is 0 Å². The molecule has 1 saturated carbocycles. The van der Waals surface area contributed by atoms with Crippen LogP contribution in [0.25, 0.3) is 0 Å². The Morgan fingerprint density at radius 2 is 2.06 bits per heavy atom. The Labute approximate surface area is 109 Å². The number of nitrogens with one attached hydrogen (secondary N) is 1. The molecule has 0 saturated heterocycles. The van der Waals surface area contributed by atoms with Crippen LogP contribution in [0.4, 0.5) is 4.39 Å². The maximum absolute atomic E-state index is 13.9. The predicted octanol–water partition coefficient (Wildman–Crippen LogP) is 2.66. The average molecular weight is 298 g/mol. The SMILES string of the molecule is O=S(=O)(NC1CC1)c1cc(Cl)cc(CCl)c1F. The van der Waals surface area contributed by atoms with Gasteiger partial charge in [0.1, 0.15) is 10.7 Å². The lowest BCUT2D eigenvalue weighted by Gasteiger charge is -2.09. The van der Waals surface area contributed by atoms with E-state index < -0.39 is 20.7 Å². The van der Waals surface area contributed by atoms with Crippen molar-refractivity contribution in [2.45, 2.75) is 29.7 Å². The lowest BCUT2D eigenvalue weighted by molar-refractivity contribution is 0.552. The molecule has 0 unspecified atom stereocenters. The van der Waals surface area contributed by atoms with Gasteiger partial charge in [-0.1, -0.05) is 11.6 Å². The summed E-state index contributed by atoms with van der Waals surface area (Å²) in [4.78, 5) is -0.437. The van der Waals surface area contributed by atoms with Crippen molar-refractivity contribution in [2.24, 2.45) is 0 Å². The highest BCUT2D eigenvalue weighted by atomic mass is 35.5. The minimum Gasteiger partial charge on any atom is -0.208 e. The molecule has 0 amide bonds. The first-order valence-corrected chi connectivity index (χ1v) is 7.40. The summed E-state index contributed by atoms with van der Waals surface area (Å²) in [6, 6.07) is 2.33. The fraction of sp³-hybridized carbons (Fsp3) is 0.400. The standard InChI is InChI=1S/C10H10Cl2FNO2S/c11-5-6-3-7(12)4-9(10(6)13)17(15,16)14-8-1-2-8/h3-4,8,14H,1-2,5H2. The lowest BCUT2D eigenvalue weighted by atomic mass is 10.2. The summed E-state index contributed by atoms with van der Waals surface area (Å²) in [5.74, 6) is -0.962. The van der Waals surface area contributed by atoms with Crippen LogP contribution in [-0.4, -0.2) is 14.5 Å². The maximum atomic E-state index is 13.9. The molecule has 0 heterocycles. The molecule has 3 nitrogen and oxygen atoms in total. The van der Waals surface area contributed by atoms with Crippen LogP contribution in [0.3, 0.4) is 0 Å². The molecule has 1 N–H and O–H groups in total. The van der Waals surface area contributed by atoms with E-state index in [0.29, 0.717) is 0 Å². The molecule has 1 aromatic carbocycles. The highest BCUT2D eigenvalue weighted by molar-refractivity contribution is 7.89. The zero-order valence-electron chi connectivity index (χ0n) is 8.71. The molecule has 2 rings (SSSR count). The highest BCUT2D eigenvalue weighted by Gasteiger charge is 2.30. The van der Waals surface area contributed by atoms with Gasteiger partial charge < -0.3 is 0 Å². The maximum Gasteiger partial charge on any atom is 0.243 e. The van der Waals surface area contributed by atoms with Gasteiger partial charge in [-0.25, -0.2) is 17.5 Å². The van der Waals surface area contributed by atoms with E-state index in [4.69, 9.17) is 23.2 Å². The van der Waals surface area contributed by atoms with Crippen molar-refractivity contribution >= 4 is 33.2 Å². The van der Waals surface area contributed by atoms with Gasteiger partial charge in [-0.3, -0.25) is 0 Å². The third kappa shape index (κ3) is 2.91. The molecule has 1 aromatic rings. The highest BCUT2D eigenvalue weighted by Crippen LogP contribution is 2.27. The van der Waals surface area contributed by atoms with E-state index in [1.165, 1.54) is 6.07 Å². The molecule has 1 fully saturated rings. The summed E-state index contributed by atoms with van der Waals surface area (Å²) in [5.41, 5.74) is 0.0790. The molecule has 7 heteroatoms. The molecular weight excluding hydrogens is 288 g/mol. The number of halogens is 3. The number of rotatable bonds is 4. The van der Waals surface area contributed by atoms with Gasteiger partial charge in [-0.15, -0.1) is 11.6 Å². The Morgan fingerprint density at radius 1 is 1.41 bits per heavy atom. The van der Waals surface area contributed by atoms with Gasteiger partial charge in [0.15, 0.2) is 0 Å². The molecule has 0 spiro atoms. The minimum atomic E-state index is -3.85. The van der Waals surface area contributed by atoms with Crippen LogP contribution in [0.15, 0.2) is 17.0 Å². The zero-order valence-corrected chi connectivity index (χ0v) is 11.0. The number of sulfonamides is 1. The lowest BCUT2D eigenvalue weighted by Crippen LogP contribution is -2.26. The second-order valence-corrected chi connectivity index (χ2v) is 6.29. The van der Waals surface area contributed by atoms with Crippen LogP contribution in [0.1, 0.15) is 18.4 Å². The van der Waals surface area contributed by atoms with Crippen LogP contribution in [0.5, 0.6) is 0 Å². The van der Waals surface area contributed by atoms with Crippen molar-refractivity contribution < 1.29 is 12.8 Å². The van der Waals surface area contributed by atoms with Gasteiger partial charge in [0, 0.05) is 16.6 Å². The smallest absolute Gasteiger partial charge is 0.208 e. The van der Waals surface area contributed by atoms with Gasteiger partial charge >= 0.3 is 0 Å². The van der Waals surface area contributed by atoms with Gasteiger partial charge in [0.25, 0.3) is 0 Å². The first-order chi connectivity index (χ1) is 7.94. The summed E-state index contributed by atoms with van der Waals surface area (Å²) < 4.78 is 40.0. The van der Waals surface area contributed by atoms with Crippen LogP contribution in [-0.2, 0) is 15.9 Å². The molecule has 0 aliphatic heterocycles. The Bertz CT molecular complexity index is 543. The van der Waals surface area contributed by atoms with Crippen molar-refractivity contribution in [3.8, 4) is 0 Å². The van der Waals surface area contributed by atoms with E-state index in [9.17, 15) is 12.8 Å². The van der Waals surface area contributed by atoms with E-state index in [1.54, 1.807) is 0 Å². The molecule has 0 atom stereocenters. The van der Waals surface area contributed by atoms with Crippen molar-refractivity contribution in [1.29, 1.82) is 0 Å².